The molecule has 6 nitrogen and oxygen atoms in total. The second kappa shape index (κ2) is 18.2. The molecule has 0 saturated carbocycles. The molecule has 1 amide bonds. The third-order valence-electron chi connectivity index (χ3n) is 5.48. The molecule has 0 radical (unpaired) electrons. The van der Waals surface area contributed by atoms with E-state index < -0.39 is 12.6 Å². The highest BCUT2D eigenvalue weighted by Gasteiger charge is 2.04. The van der Waals surface area contributed by atoms with E-state index >= 15 is 0 Å². The van der Waals surface area contributed by atoms with E-state index in [9.17, 15) is 9.59 Å². The van der Waals surface area contributed by atoms with Crippen LogP contribution >= 0.6 is 0 Å². The normalized spacial score (nSPS) is 11.4. The quantitative estimate of drug-likeness (QED) is 0.137. The number of oxime groups is 1. The van der Waals surface area contributed by atoms with E-state index in [1.165, 1.54) is 70.6 Å². The second-order valence-electron chi connectivity index (χ2n) is 8.46. The van der Waals surface area contributed by atoms with Crippen LogP contribution in [0.25, 0.3) is 0 Å². The number of hydrogen-bond acceptors (Lipinski definition) is 4. The minimum atomic E-state index is -1.07. The van der Waals surface area contributed by atoms with Crippen molar-refractivity contribution in [1.82, 2.24) is 0 Å². The van der Waals surface area contributed by atoms with E-state index in [4.69, 9.17) is 9.94 Å². The third-order valence-corrected chi connectivity index (χ3v) is 5.48. The maximum Gasteiger partial charge on any atom is 0.344 e. The molecule has 0 heterocycles. The fraction of sp³-hybridized carbons (Fsp3) is 0.654. The van der Waals surface area contributed by atoms with Crippen LogP contribution in [-0.2, 0) is 14.4 Å². The molecule has 0 fully saturated rings. The molecule has 0 saturated heterocycles. The van der Waals surface area contributed by atoms with Gasteiger partial charge in [0.2, 0.25) is 12.5 Å². The largest absolute Gasteiger partial charge is 0.479 e. The van der Waals surface area contributed by atoms with Crippen molar-refractivity contribution in [3.63, 3.8) is 0 Å². The van der Waals surface area contributed by atoms with Gasteiger partial charge in [-0.3, -0.25) is 4.79 Å². The fourth-order valence-corrected chi connectivity index (χ4v) is 3.56. The molecule has 0 bridgehead atoms. The second-order valence-corrected chi connectivity index (χ2v) is 8.46. The molecule has 0 spiro atoms. The summed E-state index contributed by atoms with van der Waals surface area (Å²) in [5.74, 6) is -1.03. The number of unbranched alkanes of at least 4 members (excludes halogenated alkanes) is 12. The Morgan fingerprint density at radius 3 is 1.84 bits per heavy atom. The highest BCUT2D eigenvalue weighted by Crippen LogP contribution is 2.14. The Hall–Kier alpha value is -2.37. The van der Waals surface area contributed by atoms with Gasteiger partial charge in [-0.15, -0.1) is 0 Å². The zero-order chi connectivity index (χ0) is 23.4. The lowest BCUT2D eigenvalue weighted by Gasteiger charge is -2.07. The van der Waals surface area contributed by atoms with Crippen LogP contribution in [-0.4, -0.2) is 29.3 Å². The third kappa shape index (κ3) is 14.6. The lowest BCUT2D eigenvalue weighted by Crippen LogP contribution is -2.11. The van der Waals surface area contributed by atoms with Crippen molar-refractivity contribution in [2.45, 2.75) is 104 Å². The molecule has 0 aliphatic heterocycles. The molecule has 0 aliphatic rings. The predicted molar refractivity (Wildman–Crippen MR) is 131 cm³/mol. The Kier molecular flexibility index (Phi) is 15.8. The molecule has 180 valence electrons. The number of nitrogens with one attached hydrogen (secondary N) is 1. The molecule has 1 aromatic carbocycles. The van der Waals surface area contributed by atoms with Gasteiger partial charge >= 0.3 is 5.97 Å². The molecular formula is C26H42N2O4. The van der Waals surface area contributed by atoms with E-state index in [2.05, 4.69) is 17.4 Å². The zero-order valence-electron chi connectivity index (χ0n) is 20.0. The summed E-state index contributed by atoms with van der Waals surface area (Å²) >= 11 is 0. The average molecular weight is 447 g/mol. The molecule has 0 atom stereocenters. The maximum atomic E-state index is 12.1. The Bertz CT molecular complexity index is 671. The molecule has 0 aliphatic carbocycles. The van der Waals surface area contributed by atoms with Crippen LogP contribution in [0.15, 0.2) is 29.4 Å². The molecule has 32 heavy (non-hydrogen) atoms. The van der Waals surface area contributed by atoms with Crippen molar-refractivity contribution in [3.8, 4) is 0 Å². The number of nitrogens with zero attached hydrogens (tertiary/aromatic N) is 1. The Morgan fingerprint density at radius 1 is 0.844 bits per heavy atom. The number of hydrogen-bond donors (Lipinski definition) is 2. The zero-order valence-corrected chi connectivity index (χ0v) is 20.0. The van der Waals surface area contributed by atoms with Gasteiger partial charge in [-0.2, -0.15) is 0 Å². The van der Waals surface area contributed by atoms with E-state index in [-0.39, 0.29) is 5.91 Å². The van der Waals surface area contributed by atoms with Crippen LogP contribution in [0.3, 0.4) is 0 Å². The summed E-state index contributed by atoms with van der Waals surface area (Å²) in [6, 6.07) is 7.27. The van der Waals surface area contributed by atoms with E-state index in [0.717, 1.165) is 24.1 Å². The summed E-state index contributed by atoms with van der Waals surface area (Å²) in [7, 11) is 0. The first-order valence-electron chi connectivity index (χ1n) is 12.3. The van der Waals surface area contributed by atoms with Crippen LogP contribution in [0, 0.1) is 0 Å². The molecule has 0 aromatic heterocycles. The SMILES string of the molecule is CCCCCCCCCCCCCCCC(=O)Nc1ccc(/C(C)=N/OCC(=O)O)cc1. The summed E-state index contributed by atoms with van der Waals surface area (Å²) in [5.41, 5.74) is 2.13. The minimum absolute atomic E-state index is 0.0380. The Balaban J connectivity index is 2.07. The summed E-state index contributed by atoms with van der Waals surface area (Å²) in [5, 5.41) is 15.2. The van der Waals surface area contributed by atoms with Gasteiger partial charge in [0, 0.05) is 12.1 Å². The first-order valence-corrected chi connectivity index (χ1v) is 12.3. The molecule has 1 rings (SSSR count). The number of carboxylic acids is 1. The number of amides is 1. The number of carbonyl (C=O) groups is 2. The smallest absolute Gasteiger partial charge is 0.344 e. The van der Waals surface area contributed by atoms with Crippen molar-refractivity contribution >= 4 is 23.3 Å². The molecule has 0 unspecified atom stereocenters. The van der Waals surface area contributed by atoms with Gasteiger partial charge in [-0.05, 0) is 31.0 Å². The van der Waals surface area contributed by atoms with Gasteiger partial charge in [-0.25, -0.2) is 4.79 Å². The van der Waals surface area contributed by atoms with Gasteiger partial charge in [0.05, 0.1) is 5.71 Å². The van der Waals surface area contributed by atoms with Gasteiger partial charge in [0.25, 0.3) is 0 Å². The number of rotatable bonds is 19. The maximum absolute atomic E-state index is 12.1. The van der Waals surface area contributed by atoms with E-state index in [1.54, 1.807) is 6.92 Å². The van der Waals surface area contributed by atoms with E-state index in [1.807, 2.05) is 24.3 Å². The Labute approximate surface area is 193 Å². The Morgan fingerprint density at radius 2 is 1.34 bits per heavy atom. The van der Waals surface area contributed by atoms with Crippen LogP contribution in [0.4, 0.5) is 5.69 Å². The fourth-order valence-electron chi connectivity index (χ4n) is 3.56. The summed E-state index contributed by atoms with van der Waals surface area (Å²) in [6.07, 6.45) is 17.4. The molecule has 6 heteroatoms. The standard InChI is InChI=1S/C26H42N2O4/c1-3-4-5-6-7-8-9-10-11-12-13-14-15-16-25(29)27-24-19-17-23(18-20-24)22(2)28-32-21-26(30)31/h17-20H,3-16,21H2,1-2H3,(H,27,29)(H,30,31)/b28-22+. The van der Waals surface area contributed by atoms with Crippen molar-refractivity contribution < 1.29 is 19.5 Å². The van der Waals surface area contributed by atoms with Crippen molar-refractivity contribution in [2.75, 3.05) is 11.9 Å². The molecule has 2 N–H and O–H groups in total. The highest BCUT2D eigenvalue weighted by molar-refractivity contribution is 5.99. The lowest BCUT2D eigenvalue weighted by molar-refractivity contribution is -0.142. The highest BCUT2D eigenvalue weighted by atomic mass is 16.6. The molecular weight excluding hydrogens is 404 g/mol. The number of aliphatic carboxylic acids is 1. The van der Waals surface area contributed by atoms with Crippen LogP contribution in [0.5, 0.6) is 0 Å². The van der Waals surface area contributed by atoms with E-state index in [0.29, 0.717) is 12.1 Å². The van der Waals surface area contributed by atoms with Crippen LogP contribution in [0.2, 0.25) is 0 Å². The summed E-state index contributed by atoms with van der Waals surface area (Å²) in [6.45, 7) is 3.53. The minimum Gasteiger partial charge on any atom is -0.479 e. The number of carbonyl (C=O) groups excluding carboxylic acids is 1. The van der Waals surface area contributed by atoms with Crippen LogP contribution in [0.1, 0.15) is 109 Å². The number of carboxylic acid groups (broad SMARTS) is 1. The summed E-state index contributed by atoms with van der Waals surface area (Å²) < 4.78 is 0. The van der Waals surface area contributed by atoms with Gasteiger partial charge in [0.15, 0.2) is 0 Å². The lowest BCUT2D eigenvalue weighted by atomic mass is 10.0. The first kappa shape index (κ1) is 27.7. The van der Waals surface area contributed by atoms with Crippen molar-refractivity contribution in [1.29, 1.82) is 0 Å². The van der Waals surface area contributed by atoms with Gasteiger partial charge in [-0.1, -0.05) is 101 Å². The predicted octanol–water partition coefficient (Wildman–Crippen LogP) is 6.93. The average Bonchev–Trinajstić information content (AvgIpc) is 2.77. The molecule has 1 aromatic rings. The van der Waals surface area contributed by atoms with Crippen molar-refractivity contribution in [2.24, 2.45) is 5.16 Å². The number of benzene rings is 1. The monoisotopic (exact) mass is 446 g/mol. The van der Waals surface area contributed by atoms with Gasteiger partial charge < -0.3 is 15.3 Å². The first-order chi connectivity index (χ1) is 15.5. The summed E-state index contributed by atoms with van der Waals surface area (Å²) in [4.78, 5) is 27.3. The van der Waals surface area contributed by atoms with Crippen LogP contribution < -0.4 is 5.32 Å². The van der Waals surface area contributed by atoms with Crippen molar-refractivity contribution in [3.05, 3.63) is 29.8 Å². The topological polar surface area (TPSA) is 88.0 Å². The number of anilines is 1. The van der Waals surface area contributed by atoms with Gasteiger partial charge in [0.1, 0.15) is 0 Å².